The molecular weight excluding hydrogens is 288 g/mol. The van der Waals surface area contributed by atoms with Crippen molar-refractivity contribution in [3.8, 4) is 0 Å². The summed E-state index contributed by atoms with van der Waals surface area (Å²) < 4.78 is 0. The maximum atomic E-state index is 8.74. The molecule has 2 aliphatic rings. The molecule has 2 heterocycles. The maximum Gasteiger partial charge on any atom is 0.0558 e. The van der Waals surface area contributed by atoms with Gasteiger partial charge in [-0.3, -0.25) is 14.7 Å². The molecule has 0 radical (unpaired) electrons. The molecule has 0 aromatic heterocycles. The third-order valence-electron chi connectivity index (χ3n) is 5.10. The van der Waals surface area contributed by atoms with Gasteiger partial charge >= 0.3 is 0 Å². The van der Waals surface area contributed by atoms with Gasteiger partial charge in [-0.05, 0) is 41.7 Å². The highest BCUT2D eigenvalue weighted by Crippen LogP contribution is 2.10. The first-order chi connectivity index (χ1) is 10.8. The summed E-state index contributed by atoms with van der Waals surface area (Å²) in [6.45, 7) is 20.7. The average Bonchev–Trinajstić information content (AvgIpc) is 2.48. The van der Waals surface area contributed by atoms with E-state index in [1.165, 1.54) is 19.6 Å². The van der Waals surface area contributed by atoms with E-state index in [-0.39, 0.29) is 0 Å². The number of piperazine rings is 2. The van der Waals surface area contributed by atoms with Gasteiger partial charge in [-0.25, -0.2) is 0 Å². The van der Waals surface area contributed by atoms with Crippen LogP contribution >= 0.6 is 0 Å². The van der Waals surface area contributed by atoms with E-state index in [2.05, 4.69) is 61.3 Å². The van der Waals surface area contributed by atoms with Gasteiger partial charge in [-0.2, -0.15) is 0 Å². The van der Waals surface area contributed by atoms with Crippen LogP contribution in [0.2, 0.25) is 0 Å². The van der Waals surface area contributed by atoms with Crippen molar-refractivity contribution >= 4 is 0 Å². The molecule has 0 amide bonds. The first-order valence-corrected chi connectivity index (χ1v) is 9.36. The summed E-state index contributed by atoms with van der Waals surface area (Å²) in [4.78, 5) is 9.77. The van der Waals surface area contributed by atoms with Gasteiger partial charge in [-0.15, -0.1) is 0 Å². The summed E-state index contributed by atoms with van der Waals surface area (Å²) in [5, 5.41) is 8.74. The molecule has 2 saturated heterocycles. The molecule has 5 heteroatoms. The molecule has 23 heavy (non-hydrogen) atoms. The molecule has 5 nitrogen and oxygen atoms in total. The fraction of sp³-hybridized carbons (Fsp3) is 1.00. The van der Waals surface area contributed by atoms with Crippen molar-refractivity contribution < 1.29 is 5.11 Å². The standard InChI is InChI=1S/C9H20N2O.C9H20N2/c1-9(2)11-5-3-10(4-6-11)7-8-12;1-8(2)11-6-5-10(4)7-9(11)3/h9,12H,3-8H2,1-2H3;8-9H,5-7H2,1-4H3/t;9-/m.0/s1. The number of nitrogens with zero attached hydrogens (tertiary/aromatic N) is 4. The Morgan fingerprint density at radius 1 is 0.913 bits per heavy atom. The summed E-state index contributed by atoms with van der Waals surface area (Å²) in [7, 11) is 2.20. The lowest BCUT2D eigenvalue weighted by atomic mass is 10.1. The maximum absolute atomic E-state index is 8.74. The molecule has 138 valence electrons. The van der Waals surface area contributed by atoms with E-state index in [9.17, 15) is 0 Å². The van der Waals surface area contributed by atoms with Crippen LogP contribution in [-0.4, -0.2) is 109 Å². The van der Waals surface area contributed by atoms with E-state index >= 15 is 0 Å². The monoisotopic (exact) mass is 328 g/mol. The third kappa shape index (κ3) is 7.48. The van der Waals surface area contributed by atoms with Crippen LogP contribution in [0.3, 0.4) is 0 Å². The molecule has 2 aliphatic heterocycles. The van der Waals surface area contributed by atoms with Crippen LogP contribution in [0.25, 0.3) is 0 Å². The minimum absolute atomic E-state index is 0.293. The van der Waals surface area contributed by atoms with E-state index in [0.29, 0.717) is 18.7 Å². The van der Waals surface area contributed by atoms with Gasteiger partial charge in [-0.1, -0.05) is 0 Å². The number of aliphatic hydroxyl groups excluding tert-OH is 1. The second kappa shape index (κ2) is 10.6. The Balaban J connectivity index is 0.000000231. The Labute approximate surface area is 144 Å². The van der Waals surface area contributed by atoms with E-state index in [1.807, 2.05) is 0 Å². The number of hydrogen-bond acceptors (Lipinski definition) is 5. The van der Waals surface area contributed by atoms with Crippen LogP contribution in [-0.2, 0) is 0 Å². The number of β-amino-alcohol motifs (C(OH)–C–C–N with tert-alkyl or cyclic N) is 1. The summed E-state index contributed by atoms with van der Waals surface area (Å²) in [6.07, 6.45) is 0. The van der Waals surface area contributed by atoms with E-state index < -0.39 is 0 Å². The Bertz CT molecular complexity index is 303. The number of likely N-dealkylation sites (N-methyl/N-ethyl adjacent to an activating group) is 1. The molecule has 0 spiro atoms. The molecule has 0 bridgehead atoms. The van der Waals surface area contributed by atoms with Crippen molar-refractivity contribution in [3.63, 3.8) is 0 Å². The molecule has 1 atom stereocenters. The first kappa shape index (κ1) is 20.8. The molecule has 0 aromatic carbocycles. The van der Waals surface area contributed by atoms with Crippen molar-refractivity contribution in [3.05, 3.63) is 0 Å². The highest BCUT2D eigenvalue weighted by Gasteiger charge is 2.22. The normalized spacial score (nSPS) is 25.7. The van der Waals surface area contributed by atoms with E-state index in [0.717, 1.165) is 38.8 Å². The quantitative estimate of drug-likeness (QED) is 0.834. The molecular formula is C18H40N4O. The lowest BCUT2D eigenvalue weighted by molar-refractivity contribution is 0.0741. The molecule has 0 aromatic rings. The van der Waals surface area contributed by atoms with Gasteiger partial charge in [0.25, 0.3) is 0 Å². The second-order valence-corrected chi connectivity index (χ2v) is 7.64. The highest BCUT2D eigenvalue weighted by molar-refractivity contribution is 4.79. The van der Waals surface area contributed by atoms with Gasteiger partial charge in [0.05, 0.1) is 6.61 Å². The second-order valence-electron chi connectivity index (χ2n) is 7.64. The molecule has 0 unspecified atom stereocenters. The first-order valence-electron chi connectivity index (χ1n) is 9.36. The molecule has 2 fully saturated rings. The lowest BCUT2D eigenvalue weighted by Gasteiger charge is -2.40. The van der Waals surface area contributed by atoms with Crippen molar-refractivity contribution in [2.75, 3.05) is 66.0 Å². The zero-order valence-electron chi connectivity index (χ0n) is 16.3. The Morgan fingerprint density at radius 2 is 1.52 bits per heavy atom. The van der Waals surface area contributed by atoms with Gasteiger partial charge in [0.2, 0.25) is 0 Å². The summed E-state index contributed by atoms with van der Waals surface area (Å²) in [5.41, 5.74) is 0. The molecule has 0 aliphatic carbocycles. The zero-order chi connectivity index (χ0) is 17.4. The van der Waals surface area contributed by atoms with Crippen LogP contribution < -0.4 is 0 Å². The van der Waals surface area contributed by atoms with Gasteiger partial charge in [0.15, 0.2) is 0 Å². The van der Waals surface area contributed by atoms with Crippen molar-refractivity contribution in [2.24, 2.45) is 0 Å². The summed E-state index contributed by atoms with van der Waals surface area (Å²) in [6, 6.07) is 2.11. The highest BCUT2D eigenvalue weighted by atomic mass is 16.3. The van der Waals surface area contributed by atoms with Gasteiger partial charge < -0.3 is 10.0 Å². The Morgan fingerprint density at radius 3 is 1.96 bits per heavy atom. The minimum Gasteiger partial charge on any atom is -0.395 e. The predicted octanol–water partition coefficient (Wildman–Crippen LogP) is 1.04. The fourth-order valence-electron chi connectivity index (χ4n) is 3.57. The zero-order valence-corrected chi connectivity index (χ0v) is 16.3. The number of aliphatic hydroxyl groups is 1. The summed E-state index contributed by atoms with van der Waals surface area (Å²) >= 11 is 0. The largest absolute Gasteiger partial charge is 0.395 e. The Hall–Kier alpha value is -0.200. The summed E-state index contributed by atoms with van der Waals surface area (Å²) in [5.74, 6) is 0. The van der Waals surface area contributed by atoms with Crippen molar-refractivity contribution in [2.45, 2.75) is 52.7 Å². The van der Waals surface area contributed by atoms with Gasteiger partial charge in [0.1, 0.15) is 0 Å². The van der Waals surface area contributed by atoms with Crippen molar-refractivity contribution in [1.82, 2.24) is 19.6 Å². The van der Waals surface area contributed by atoms with Gasteiger partial charge in [0, 0.05) is 70.5 Å². The topological polar surface area (TPSA) is 33.2 Å². The molecule has 2 rings (SSSR count). The number of hydrogen-bond donors (Lipinski definition) is 1. The van der Waals surface area contributed by atoms with E-state index in [4.69, 9.17) is 5.11 Å². The fourth-order valence-corrected chi connectivity index (χ4v) is 3.57. The predicted molar refractivity (Wildman–Crippen MR) is 99.0 cm³/mol. The third-order valence-corrected chi connectivity index (χ3v) is 5.10. The molecule has 1 N–H and O–H groups in total. The minimum atomic E-state index is 0.293. The van der Waals surface area contributed by atoms with Crippen LogP contribution in [0, 0.1) is 0 Å². The smallest absolute Gasteiger partial charge is 0.0558 e. The Kier molecular flexibility index (Phi) is 9.63. The van der Waals surface area contributed by atoms with Crippen molar-refractivity contribution in [1.29, 1.82) is 0 Å². The average molecular weight is 329 g/mol. The SMILES string of the molecule is CC(C)N1CCN(C)C[C@@H]1C.CC(C)N1CCN(CCO)CC1. The van der Waals surface area contributed by atoms with E-state index in [1.54, 1.807) is 0 Å². The van der Waals surface area contributed by atoms with Crippen LogP contribution in [0.1, 0.15) is 34.6 Å². The van der Waals surface area contributed by atoms with Crippen LogP contribution in [0.4, 0.5) is 0 Å². The lowest BCUT2D eigenvalue weighted by Crippen LogP contribution is -2.52. The number of rotatable bonds is 4. The molecule has 0 saturated carbocycles. The van der Waals surface area contributed by atoms with Crippen LogP contribution in [0.5, 0.6) is 0 Å². The van der Waals surface area contributed by atoms with Crippen LogP contribution in [0.15, 0.2) is 0 Å².